The predicted octanol–water partition coefficient (Wildman–Crippen LogP) is 3.04. The molecule has 2 aromatic rings. The number of nitrogens with zero attached hydrogens (tertiary/aromatic N) is 4. The zero-order valence-corrected chi connectivity index (χ0v) is 17.4. The van der Waals surface area contributed by atoms with Crippen LogP contribution in [0.5, 0.6) is 0 Å². The number of hydrogen-bond donors (Lipinski definition) is 2. The summed E-state index contributed by atoms with van der Waals surface area (Å²) in [6.45, 7) is 3.93. The minimum Gasteiger partial charge on any atom is -0.357 e. The summed E-state index contributed by atoms with van der Waals surface area (Å²) in [6, 6.07) is 5.53. The molecule has 1 aromatic heterocycles. The zero-order chi connectivity index (χ0) is 16.7. The van der Waals surface area contributed by atoms with Gasteiger partial charge in [0, 0.05) is 30.2 Å². The van der Waals surface area contributed by atoms with E-state index in [1.807, 2.05) is 32.2 Å². The van der Waals surface area contributed by atoms with Gasteiger partial charge in [0.05, 0.1) is 0 Å². The second-order valence-corrected chi connectivity index (χ2v) is 5.69. The van der Waals surface area contributed by atoms with Gasteiger partial charge < -0.3 is 10.6 Å². The number of halogens is 3. The summed E-state index contributed by atoms with van der Waals surface area (Å²) in [6.07, 6.45) is 2.23. The van der Waals surface area contributed by atoms with Gasteiger partial charge >= 0.3 is 0 Å². The van der Waals surface area contributed by atoms with Gasteiger partial charge in [-0.1, -0.05) is 29.3 Å². The van der Waals surface area contributed by atoms with Gasteiger partial charge in [0.25, 0.3) is 0 Å². The topological polar surface area (TPSA) is 67.1 Å². The Hall–Kier alpha value is -1.06. The number of hydrogen-bond acceptors (Lipinski definition) is 3. The summed E-state index contributed by atoms with van der Waals surface area (Å²) in [4.78, 5) is 8.65. The molecule has 0 amide bonds. The van der Waals surface area contributed by atoms with E-state index in [-0.39, 0.29) is 24.0 Å². The van der Waals surface area contributed by atoms with Crippen LogP contribution in [-0.2, 0) is 20.0 Å². The zero-order valence-electron chi connectivity index (χ0n) is 13.6. The monoisotopic (exact) mass is 482 g/mol. The molecule has 0 unspecified atom stereocenters. The molecule has 0 aliphatic rings. The molecule has 2 N–H and O–H groups in total. The highest BCUT2D eigenvalue weighted by Gasteiger charge is 2.06. The van der Waals surface area contributed by atoms with Gasteiger partial charge in [-0.05, 0) is 31.0 Å². The molecular formula is C15H21Cl2IN6. The lowest BCUT2D eigenvalue weighted by atomic mass is 10.1. The van der Waals surface area contributed by atoms with Crippen molar-refractivity contribution in [1.82, 2.24) is 25.4 Å². The number of aryl methyl sites for hydroxylation is 1. The summed E-state index contributed by atoms with van der Waals surface area (Å²) in [5.74, 6) is 1.52. The van der Waals surface area contributed by atoms with Crippen molar-refractivity contribution in [1.29, 1.82) is 0 Å². The van der Waals surface area contributed by atoms with Gasteiger partial charge in [0.2, 0.25) is 0 Å². The Morgan fingerprint density at radius 1 is 1.25 bits per heavy atom. The van der Waals surface area contributed by atoms with Crippen molar-refractivity contribution in [3.8, 4) is 0 Å². The third-order valence-electron chi connectivity index (χ3n) is 3.26. The molecule has 0 spiro atoms. The van der Waals surface area contributed by atoms with Gasteiger partial charge in [0.1, 0.15) is 18.7 Å². The fourth-order valence-corrected chi connectivity index (χ4v) is 2.62. The molecule has 0 aliphatic heterocycles. The highest BCUT2D eigenvalue weighted by atomic mass is 127. The Morgan fingerprint density at radius 3 is 2.54 bits per heavy atom. The number of aliphatic imine (C=N–C) groups is 1. The Labute approximate surface area is 169 Å². The molecular weight excluding hydrogens is 462 g/mol. The van der Waals surface area contributed by atoms with Crippen LogP contribution in [0, 0.1) is 0 Å². The smallest absolute Gasteiger partial charge is 0.191 e. The van der Waals surface area contributed by atoms with Gasteiger partial charge in [-0.15, -0.1) is 24.0 Å². The molecule has 0 radical (unpaired) electrons. The van der Waals surface area contributed by atoms with Crippen LogP contribution < -0.4 is 10.6 Å². The van der Waals surface area contributed by atoms with Crippen LogP contribution in [-0.4, -0.2) is 33.8 Å². The highest BCUT2D eigenvalue weighted by molar-refractivity contribution is 14.0. The van der Waals surface area contributed by atoms with E-state index in [9.17, 15) is 0 Å². The van der Waals surface area contributed by atoms with E-state index in [0.717, 1.165) is 23.9 Å². The van der Waals surface area contributed by atoms with Crippen molar-refractivity contribution in [2.24, 2.45) is 12.0 Å². The number of rotatable bonds is 6. The quantitative estimate of drug-likeness (QED) is 0.377. The van der Waals surface area contributed by atoms with E-state index in [0.29, 0.717) is 29.6 Å². The van der Waals surface area contributed by atoms with E-state index in [1.165, 1.54) is 6.33 Å². The molecule has 0 fully saturated rings. The maximum absolute atomic E-state index is 6.18. The van der Waals surface area contributed by atoms with Gasteiger partial charge in [-0.25, -0.2) is 9.98 Å². The fourth-order valence-electron chi connectivity index (χ4n) is 2.03. The number of benzene rings is 1. The Balaban J connectivity index is 0.00000288. The summed E-state index contributed by atoms with van der Waals surface area (Å²) in [7, 11) is 1.84. The third-order valence-corrected chi connectivity index (χ3v) is 3.97. The molecule has 9 heteroatoms. The third kappa shape index (κ3) is 6.10. The predicted molar refractivity (Wildman–Crippen MR) is 109 cm³/mol. The van der Waals surface area contributed by atoms with Crippen molar-refractivity contribution in [2.75, 3.05) is 13.1 Å². The SMILES string of the molecule is CCNC(=NCc1ncnn1C)NCCc1c(Cl)cccc1Cl.I. The second kappa shape index (κ2) is 10.7. The average molecular weight is 483 g/mol. The summed E-state index contributed by atoms with van der Waals surface area (Å²) < 4.78 is 1.70. The molecule has 132 valence electrons. The van der Waals surface area contributed by atoms with Crippen molar-refractivity contribution in [3.63, 3.8) is 0 Å². The van der Waals surface area contributed by atoms with Crippen LogP contribution in [0.3, 0.4) is 0 Å². The van der Waals surface area contributed by atoms with Crippen LogP contribution in [0.15, 0.2) is 29.5 Å². The van der Waals surface area contributed by atoms with Crippen molar-refractivity contribution < 1.29 is 0 Å². The molecule has 0 atom stereocenters. The summed E-state index contributed by atoms with van der Waals surface area (Å²) in [5.41, 5.74) is 0.937. The van der Waals surface area contributed by atoms with Crippen LogP contribution in [0.4, 0.5) is 0 Å². The first-order valence-corrected chi connectivity index (χ1v) is 8.15. The van der Waals surface area contributed by atoms with Crippen molar-refractivity contribution >= 4 is 53.1 Å². The summed E-state index contributed by atoms with van der Waals surface area (Å²) in [5, 5.41) is 11.9. The van der Waals surface area contributed by atoms with Gasteiger partial charge in [-0.2, -0.15) is 5.10 Å². The Bertz CT molecular complexity index is 653. The molecule has 1 aromatic carbocycles. The van der Waals surface area contributed by atoms with Gasteiger partial charge in [-0.3, -0.25) is 4.68 Å². The molecule has 1 heterocycles. The maximum Gasteiger partial charge on any atom is 0.191 e. The molecule has 0 aliphatic carbocycles. The van der Waals surface area contributed by atoms with E-state index in [4.69, 9.17) is 23.2 Å². The molecule has 0 bridgehead atoms. The van der Waals surface area contributed by atoms with E-state index in [1.54, 1.807) is 4.68 Å². The average Bonchev–Trinajstić information content (AvgIpc) is 2.93. The van der Waals surface area contributed by atoms with Crippen molar-refractivity contribution in [2.45, 2.75) is 19.9 Å². The minimum absolute atomic E-state index is 0. The Kier molecular flexibility index (Phi) is 9.38. The van der Waals surface area contributed by atoms with Crippen LogP contribution in [0.25, 0.3) is 0 Å². The van der Waals surface area contributed by atoms with Crippen molar-refractivity contribution in [3.05, 3.63) is 46.0 Å². The van der Waals surface area contributed by atoms with Crippen LogP contribution in [0.1, 0.15) is 18.3 Å². The molecule has 6 nitrogen and oxygen atoms in total. The Morgan fingerprint density at radius 2 is 1.96 bits per heavy atom. The van der Waals surface area contributed by atoms with Crippen LogP contribution >= 0.6 is 47.2 Å². The number of aromatic nitrogens is 3. The normalized spacial score (nSPS) is 11.1. The largest absolute Gasteiger partial charge is 0.357 e. The molecule has 2 rings (SSSR count). The fraction of sp³-hybridized carbons (Fsp3) is 0.400. The molecule has 0 saturated carbocycles. The first-order chi connectivity index (χ1) is 11.1. The lowest BCUT2D eigenvalue weighted by Gasteiger charge is -2.12. The van der Waals surface area contributed by atoms with Gasteiger partial charge in [0.15, 0.2) is 5.96 Å². The number of guanidine groups is 1. The first kappa shape index (κ1) is 21.0. The van der Waals surface area contributed by atoms with Crippen LogP contribution in [0.2, 0.25) is 10.0 Å². The number of nitrogens with one attached hydrogen (secondary N) is 2. The van der Waals surface area contributed by atoms with E-state index >= 15 is 0 Å². The lowest BCUT2D eigenvalue weighted by molar-refractivity contribution is 0.697. The maximum atomic E-state index is 6.18. The molecule has 0 saturated heterocycles. The minimum atomic E-state index is 0. The standard InChI is InChI=1S/C15H20Cl2N6.HI/c1-3-18-15(20-9-14-21-10-22-23(14)2)19-8-7-11-12(16)5-4-6-13(11)17;/h4-6,10H,3,7-9H2,1-2H3,(H2,18,19,20);1H. The second-order valence-electron chi connectivity index (χ2n) is 4.87. The lowest BCUT2D eigenvalue weighted by Crippen LogP contribution is -2.38. The highest BCUT2D eigenvalue weighted by Crippen LogP contribution is 2.24. The summed E-state index contributed by atoms with van der Waals surface area (Å²) >= 11 is 12.4. The van der Waals surface area contributed by atoms with E-state index < -0.39 is 0 Å². The molecule has 24 heavy (non-hydrogen) atoms. The first-order valence-electron chi connectivity index (χ1n) is 7.39. The van der Waals surface area contributed by atoms with E-state index in [2.05, 4.69) is 25.7 Å².